The van der Waals surface area contributed by atoms with Crippen LogP contribution in [0.3, 0.4) is 0 Å². The molecule has 0 radical (unpaired) electrons. The molecule has 0 aromatic rings. The fraction of sp³-hybridized carbons (Fsp3) is 0.875. The highest BCUT2D eigenvalue weighted by Gasteiger charge is 2.38. The van der Waals surface area contributed by atoms with Crippen molar-refractivity contribution in [1.29, 1.82) is 0 Å². The first-order chi connectivity index (χ1) is 6.43. The van der Waals surface area contributed by atoms with Gasteiger partial charge in [0.2, 0.25) is 9.70 Å². The van der Waals surface area contributed by atoms with Crippen LogP contribution >= 0.6 is 46.4 Å². The van der Waals surface area contributed by atoms with Crippen LogP contribution in [0.25, 0.3) is 0 Å². The number of amides is 1. The number of carbonyl (C=O) groups is 1. The van der Waals surface area contributed by atoms with E-state index in [1.54, 1.807) is 0 Å². The Hall–Kier alpha value is 0.630. The summed E-state index contributed by atoms with van der Waals surface area (Å²) in [5, 5.41) is 0. The van der Waals surface area contributed by atoms with Crippen molar-refractivity contribution in [3.05, 3.63) is 0 Å². The van der Waals surface area contributed by atoms with Crippen molar-refractivity contribution in [3.63, 3.8) is 0 Å². The zero-order valence-corrected chi connectivity index (χ0v) is 10.5. The predicted molar refractivity (Wildman–Crippen MR) is 60.1 cm³/mol. The number of rotatable bonds is 1. The Balaban J connectivity index is 2.68. The number of likely N-dealkylation sites (tertiary alicyclic amines) is 1. The summed E-state index contributed by atoms with van der Waals surface area (Å²) in [5.41, 5.74) is -0.877. The van der Waals surface area contributed by atoms with Crippen molar-refractivity contribution in [2.24, 2.45) is 0 Å². The molecule has 2 nitrogen and oxygen atoms in total. The maximum atomic E-state index is 11.6. The molecule has 0 aromatic carbocycles. The van der Waals surface area contributed by atoms with E-state index >= 15 is 0 Å². The van der Waals surface area contributed by atoms with Gasteiger partial charge in [-0.2, -0.15) is 0 Å². The lowest BCUT2D eigenvalue weighted by molar-refractivity contribution is -0.131. The molecule has 1 aliphatic rings. The molecule has 1 heterocycles. The van der Waals surface area contributed by atoms with Gasteiger partial charge in [0, 0.05) is 13.0 Å². The van der Waals surface area contributed by atoms with Crippen LogP contribution in [0.1, 0.15) is 25.7 Å². The minimum atomic E-state index is -1.62. The van der Waals surface area contributed by atoms with E-state index in [2.05, 4.69) is 0 Å². The molecule has 1 fully saturated rings. The van der Waals surface area contributed by atoms with E-state index in [0.717, 1.165) is 19.3 Å². The largest absolute Gasteiger partial charge is 0.322 e. The standard InChI is InChI=1S/C8H11Cl4NO/c9-7(8(10,11)12)13-5-3-1-2-4-6(13)14/h7H,1-5H2/t7-/m0/s1. The average molecular weight is 279 g/mol. The van der Waals surface area contributed by atoms with Crippen LogP contribution in [0, 0.1) is 0 Å². The highest BCUT2D eigenvalue weighted by Crippen LogP contribution is 2.36. The second-order valence-electron chi connectivity index (χ2n) is 3.28. The third-order valence-electron chi connectivity index (χ3n) is 2.15. The van der Waals surface area contributed by atoms with Gasteiger partial charge in [-0.05, 0) is 12.8 Å². The van der Waals surface area contributed by atoms with Gasteiger partial charge in [0.15, 0.2) is 5.50 Å². The topological polar surface area (TPSA) is 20.3 Å². The van der Waals surface area contributed by atoms with Crippen molar-refractivity contribution in [2.45, 2.75) is 35.0 Å². The number of halogens is 4. The summed E-state index contributed by atoms with van der Waals surface area (Å²) in [7, 11) is 0. The summed E-state index contributed by atoms with van der Waals surface area (Å²) in [4.78, 5) is 13.0. The van der Waals surface area contributed by atoms with Crippen LogP contribution in [-0.2, 0) is 4.79 Å². The fourth-order valence-electron chi connectivity index (χ4n) is 1.42. The molecule has 14 heavy (non-hydrogen) atoms. The molecular weight excluding hydrogens is 268 g/mol. The lowest BCUT2D eigenvalue weighted by Gasteiger charge is -2.30. The predicted octanol–water partition coefficient (Wildman–Crippen LogP) is 3.32. The van der Waals surface area contributed by atoms with Crippen molar-refractivity contribution >= 4 is 52.3 Å². The van der Waals surface area contributed by atoms with Gasteiger partial charge in [0.1, 0.15) is 0 Å². The summed E-state index contributed by atoms with van der Waals surface area (Å²) < 4.78 is -1.62. The molecule has 1 atom stereocenters. The van der Waals surface area contributed by atoms with E-state index in [4.69, 9.17) is 46.4 Å². The molecule has 82 valence electrons. The van der Waals surface area contributed by atoms with Gasteiger partial charge >= 0.3 is 0 Å². The van der Waals surface area contributed by atoms with Crippen molar-refractivity contribution in [1.82, 2.24) is 4.90 Å². The maximum absolute atomic E-state index is 11.6. The van der Waals surface area contributed by atoms with Gasteiger partial charge in [0.25, 0.3) is 0 Å². The summed E-state index contributed by atoms with van der Waals surface area (Å²) in [5.74, 6) is -0.0335. The number of alkyl halides is 4. The monoisotopic (exact) mass is 277 g/mol. The minimum Gasteiger partial charge on any atom is -0.322 e. The highest BCUT2D eigenvalue weighted by molar-refractivity contribution is 6.70. The zero-order valence-electron chi connectivity index (χ0n) is 7.48. The minimum absolute atomic E-state index is 0.0335. The molecule has 1 amide bonds. The van der Waals surface area contributed by atoms with Crippen LogP contribution in [0.2, 0.25) is 0 Å². The summed E-state index contributed by atoms with van der Waals surface area (Å²) in [6.07, 6.45) is 3.31. The molecule has 0 unspecified atom stereocenters. The number of hydrogen-bond acceptors (Lipinski definition) is 1. The van der Waals surface area contributed by atoms with Crippen LogP contribution in [0.4, 0.5) is 0 Å². The van der Waals surface area contributed by atoms with E-state index in [0.29, 0.717) is 13.0 Å². The smallest absolute Gasteiger partial charge is 0.224 e. The SMILES string of the molecule is O=C1CCCCCN1[C@H](Cl)C(Cl)(Cl)Cl. The van der Waals surface area contributed by atoms with E-state index in [9.17, 15) is 4.79 Å². The lowest BCUT2D eigenvalue weighted by Crippen LogP contribution is -2.43. The second kappa shape index (κ2) is 5.11. The number of nitrogens with zero attached hydrogens (tertiary/aromatic N) is 1. The van der Waals surface area contributed by atoms with Gasteiger partial charge in [-0.25, -0.2) is 0 Å². The summed E-state index contributed by atoms with van der Waals surface area (Å²) in [6, 6.07) is 0. The Morgan fingerprint density at radius 3 is 2.43 bits per heavy atom. The van der Waals surface area contributed by atoms with Gasteiger partial charge in [-0.3, -0.25) is 4.79 Å². The quantitative estimate of drug-likeness (QED) is 0.532. The highest BCUT2D eigenvalue weighted by atomic mass is 35.6. The first-order valence-electron chi connectivity index (χ1n) is 4.43. The third kappa shape index (κ3) is 3.34. The Kier molecular flexibility index (Phi) is 4.63. The fourth-order valence-corrected chi connectivity index (χ4v) is 1.98. The molecule has 1 rings (SSSR count). The van der Waals surface area contributed by atoms with E-state index in [-0.39, 0.29) is 5.91 Å². The first kappa shape index (κ1) is 12.7. The summed E-state index contributed by atoms with van der Waals surface area (Å²) in [6.45, 7) is 0.570. The van der Waals surface area contributed by atoms with Crippen LogP contribution in [-0.4, -0.2) is 26.6 Å². The van der Waals surface area contributed by atoms with Crippen molar-refractivity contribution in [3.8, 4) is 0 Å². The number of hydrogen-bond donors (Lipinski definition) is 0. The second-order valence-corrected chi connectivity index (χ2v) is 6.06. The molecule has 0 bridgehead atoms. The molecular formula is C8H11Cl4NO. The first-order valence-corrected chi connectivity index (χ1v) is 6.00. The van der Waals surface area contributed by atoms with Gasteiger partial charge in [-0.1, -0.05) is 52.8 Å². The molecule has 6 heteroatoms. The van der Waals surface area contributed by atoms with Crippen LogP contribution < -0.4 is 0 Å². The lowest BCUT2D eigenvalue weighted by atomic mass is 10.2. The van der Waals surface area contributed by atoms with Crippen LogP contribution in [0.15, 0.2) is 0 Å². The summed E-state index contributed by atoms with van der Waals surface area (Å²) >= 11 is 22.8. The molecule has 1 aliphatic heterocycles. The van der Waals surface area contributed by atoms with E-state index in [1.807, 2.05) is 0 Å². The molecule has 1 saturated heterocycles. The van der Waals surface area contributed by atoms with E-state index < -0.39 is 9.29 Å². The normalized spacial score (nSPS) is 22.0. The van der Waals surface area contributed by atoms with Crippen molar-refractivity contribution in [2.75, 3.05) is 6.54 Å². The number of carbonyl (C=O) groups excluding carboxylic acids is 1. The molecule has 0 spiro atoms. The maximum Gasteiger partial charge on any atom is 0.224 e. The Labute approximate surface area is 103 Å². The van der Waals surface area contributed by atoms with Gasteiger partial charge in [-0.15, -0.1) is 0 Å². The molecule has 0 N–H and O–H groups in total. The van der Waals surface area contributed by atoms with Crippen LogP contribution in [0.5, 0.6) is 0 Å². The third-order valence-corrected chi connectivity index (χ3v) is 3.67. The van der Waals surface area contributed by atoms with E-state index in [1.165, 1.54) is 4.90 Å². The Bertz CT molecular complexity index is 216. The average Bonchev–Trinajstić information content (AvgIpc) is 2.27. The molecule has 0 aromatic heterocycles. The van der Waals surface area contributed by atoms with Crippen molar-refractivity contribution < 1.29 is 4.79 Å². The molecule has 0 aliphatic carbocycles. The Morgan fingerprint density at radius 2 is 1.86 bits per heavy atom. The molecule has 0 saturated carbocycles. The zero-order chi connectivity index (χ0) is 10.8. The van der Waals surface area contributed by atoms with Gasteiger partial charge in [0.05, 0.1) is 0 Å². The van der Waals surface area contributed by atoms with Gasteiger partial charge < -0.3 is 4.90 Å². The Morgan fingerprint density at radius 1 is 1.21 bits per heavy atom.